The number of hydrogen-bond acceptors (Lipinski definition) is 3. The van der Waals surface area contributed by atoms with E-state index in [1.165, 1.54) is 0 Å². The van der Waals surface area contributed by atoms with Gasteiger partial charge >= 0.3 is 0 Å². The molecule has 0 radical (unpaired) electrons. The number of amides is 1. The van der Waals surface area contributed by atoms with Gasteiger partial charge in [-0.3, -0.25) is 4.79 Å². The van der Waals surface area contributed by atoms with Crippen molar-refractivity contribution in [2.45, 2.75) is 33.4 Å². The molecule has 128 valence electrons. The minimum Gasteiger partial charge on any atom is -0.493 e. The van der Waals surface area contributed by atoms with E-state index >= 15 is 0 Å². The molecule has 0 spiro atoms. The van der Waals surface area contributed by atoms with Crippen molar-refractivity contribution in [3.8, 4) is 11.5 Å². The molecule has 2 aromatic carbocycles. The molecule has 1 unspecified atom stereocenters. The van der Waals surface area contributed by atoms with Gasteiger partial charge in [0.15, 0.2) is 11.5 Å². The average molecular weight is 327 g/mol. The van der Waals surface area contributed by atoms with Crippen molar-refractivity contribution in [3.05, 3.63) is 59.7 Å². The molecule has 2 rings (SSSR count). The molecule has 0 bridgehead atoms. The molecule has 0 saturated heterocycles. The van der Waals surface area contributed by atoms with E-state index in [2.05, 4.69) is 19.2 Å². The van der Waals surface area contributed by atoms with Gasteiger partial charge < -0.3 is 14.8 Å². The van der Waals surface area contributed by atoms with E-state index in [0.29, 0.717) is 29.6 Å². The van der Waals surface area contributed by atoms with Crippen LogP contribution < -0.4 is 14.8 Å². The van der Waals surface area contributed by atoms with E-state index < -0.39 is 0 Å². The van der Waals surface area contributed by atoms with Gasteiger partial charge in [0.1, 0.15) is 6.61 Å². The van der Waals surface area contributed by atoms with E-state index in [-0.39, 0.29) is 11.9 Å². The van der Waals surface area contributed by atoms with Gasteiger partial charge in [-0.05, 0) is 36.6 Å². The van der Waals surface area contributed by atoms with E-state index in [9.17, 15) is 4.79 Å². The second-order valence-electron chi connectivity index (χ2n) is 6.15. The quantitative estimate of drug-likeness (QED) is 0.834. The summed E-state index contributed by atoms with van der Waals surface area (Å²) >= 11 is 0. The second kappa shape index (κ2) is 8.39. The van der Waals surface area contributed by atoms with Crippen LogP contribution in [0.25, 0.3) is 0 Å². The molecule has 1 N–H and O–H groups in total. The van der Waals surface area contributed by atoms with Gasteiger partial charge in [0.05, 0.1) is 7.11 Å². The molecule has 0 aliphatic carbocycles. The van der Waals surface area contributed by atoms with Crippen LogP contribution in [-0.4, -0.2) is 19.1 Å². The van der Waals surface area contributed by atoms with Gasteiger partial charge in [0.25, 0.3) is 5.91 Å². The molecule has 4 heteroatoms. The summed E-state index contributed by atoms with van der Waals surface area (Å²) in [5.74, 6) is 1.44. The van der Waals surface area contributed by atoms with Crippen LogP contribution in [0.3, 0.4) is 0 Å². The third-order valence-corrected chi connectivity index (χ3v) is 4.02. The highest BCUT2D eigenvalue weighted by molar-refractivity contribution is 5.95. The topological polar surface area (TPSA) is 47.6 Å². The summed E-state index contributed by atoms with van der Waals surface area (Å²) in [6.07, 6.45) is 0. The maximum Gasteiger partial charge on any atom is 0.251 e. The monoisotopic (exact) mass is 327 g/mol. The fourth-order valence-corrected chi connectivity index (χ4v) is 2.12. The molecule has 0 saturated carbocycles. The van der Waals surface area contributed by atoms with Gasteiger partial charge in [0.2, 0.25) is 0 Å². The molecule has 1 amide bonds. The number of hydrogen-bond donors (Lipinski definition) is 1. The minimum absolute atomic E-state index is 0.107. The third kappa shape index (κ3) is 4.75. The van der Waals surface area contributed by atoms with Crippen LogP contribution in [0, 0.1) is 5.92 Å². The van der Waals surface area contributed by atoms with Gasteiger partial charge in [-0.2, -0.15) is 0 Å². The van der Waals surface area contributed by atoms with Gasteiger partial charge in [0, 0.05) is 11.6 Å². The van der Waals surface area contributed by atoms with Crippen LogP contribution in [0.1, 0.15) is 36.7 Å². The molecule has 0 aliphatic heterocycles. The Morgan fingerprint density at radius 2 is 1.75 bits per heavy atom. The zero-order valence-corrected chi connectivity index (χ0v) is 14.7. The summed E-state index contributed by atoms with van der Waals surface area (Å²) in [7, 11) is 1.57. The first kappa shape index (κ1) is 17.9. The van der Waals surface area contributed by atoms with E-state index in [4.69, 9.17) is 9.47 Å². The fraction of sp³-hybridized carbons (Fsp3) is 0.350. The Hall–Kier alpha value is -2.49. The lowest BCUT2D eigenvalue weighted by Crippen LogP contribution is -2.36. The number of carbonyl (C=O) groups excluding carboxylic acids is 1. The van der Waals surface area contributed by atoms with Gasteiger partial charge in [-0.1, -0.05) is 44.2 Å². The van der Waals surface area contributed by atoms with Crippen LogP contribution in [-0.2, 0) is 6.61 Å². The Labute approximate surface area is 143 Å². The van der Waals surface area contributed by atoms with Crippen LogP contribution >= 0.6 is 0 Å². The van der Waals surface area contributed by atoms with Crippen LogP contribution in [0.2, 0.25) is 0 Å². The lowest BCUT2D eigenvalue weighted by atomic mass is 10.1. The normalized spacial score (nSPS) is 11.9. The molecule has 0 aromatic heterocycles. The Bertz CT molecular complexity index is 668. The summed E-state index contributed by atoms with van der Waals surface area (Å²) in [6, 6.07) is 15.3. The lowest BCUT2D eigenvalue weighted by molar-refractivity contribution is 0.0930. The first-order valence-electron chi connectivity index (χ1n) is 8.17. The number of ether oxygens (including phenoxy) is 2. The fourth-order valence-electron chi connectivity index (χ4n) is 2.12. The summed E-state index contributed by atoms with van der Waals surface area (Å²) in [5, 5.41) is 2.99. The van der Waals surface area contributed by atoms with E-state index in [1.54, 1.807) is 25.3 Å². The number of nitrogens with one attached hydrogen (secondary N) is 1. The molecule has 4 nitrogen and oxygen atoms in total. The Balaban J connectivity index is 2.08. The van der Waals surface area contributed by atoms with Crippen molar-refractivity contribution in [2.75, 3.05) is 7.11 Å². The molecule has 1 atom stereocenters. The third-order valence-electron chi connectivity index (χ3n) is 4.02. The van der Waals surface area contributed by atoms with Gasteiger partial charge in [-0.25, -0.2) is 0 Å². The highest BCUT2D eigenvalue weighted by Gasteiger charge is 2.15. The SMILES string of the molecule is COc1cc(C(=O)NC(C)C(C)C)ccc1OCc1ccccc1. The van der Waals surface area contributed by atoms with E-state index in [0.717, 1.165) is 5.56 Å². The van der Waals surface area contributed by atoms with Crippen molar-refractivity contribution in [1.29, 1.82) is 0 Å². The zero-order valence-electron chi connectivity index (χ0n) is 14.7. The van der Waals surface area contributed by atoms with Gasteiger partial charge in [-0.15, -0.1) is 0 Å². The Morgan fingerprint density at radius 3 is 2.38 bits per heavy atom. The van der Waals surface area contributed by atoms with Crippen LogP contribution in [0.4, 0.5) is 0 Å². The second-order valence-corrected chi connectivity index (χ2v) is 6.15. The lowest BCUT2D eigenvalue weighted by Gasteiger charge is -2.18. The number of methoxy groups -OCH3 is 1. The average Bonchev–Trinajstić information content (AvgIpc) is 2.60. The maximum atomic E-state index is 12.3. The largest absolute Gasteiger partial charge is 0.493 e. The summed E-state index contributed by atoms with van der Waals surface area (Å²) < 4.78 is 11.2. The first-order valence-corrected chi connectivity index (χ1v) is 8.17. The van der Waals surface area contributed by atoms with Crippen molar-refractivity contribution in [1.82, 2.24) is 5.32 Å². The smallest absolute Gasteiger partial charge is 0.251 e. The minimum atomic E-state index is -0.107. The molecular formula is C20H25NO3. The zero-order chi connectivity index (χ0) is 17.5. The highest BCUT2D eigenvalue weighted by Crippen LogP contribution is 2.29. The predicted octanol–water partition coefficient (Wildman–Crippen LogP) is 4.05. The molecular weight excluding hydrogens is 302 g/mol. The summed E-state index contributed by atoms with van der Waals surface area (Å²) in [4.78, 5) is 12.3. The molecule has 0 heterocycles. The van der Waals surface area contributed by atoms with Crippen molar-refractivity contribution in [2.24, 2.45) is 5.92 Å². The van der Waals surface area contributed by atoms with Crippen molar-refractivity contribution in [3.63, 3.8) is 0 Å². The maximum absolute atomic E-state index is 12.3. The van der Waals surface area contributed by atoms with Crippen LogP contribution in [0.5, 0.6) is 11.5 Å². The summed E-state index contributed by atoms with van der Waals surface area (Å²) in [5.41, 5.74) is 1.64. The summed E-state index contributed by atoms with van der Waals surface area (Å²) in [6.45, 7) is 6.60. The number of carbonyl (C=O) groups is 1. The number of benzene rings is 2. The molecule has 2 aromatic rings. The predicted molar refractivity (Wildman–Crippen MR) is 95.5 cm³/mol. The standard InChI is InChI=1S/C20H25NO3/c1-14(2)15(3)21-20(22)17-10-11-18(19(12-17)23-4)24-13-16-8-6-5-7-9-16/h5-12,14-15H,13H2,1-4H3,(H,21,22). The molecule has 24 heavy (non-hydrogen) atoms. The number of rotatable bonds is 7. The Kier molecular flexibility index (Phi) is 6.24. The highest BCUT2D eigenvalue weighted by atomic mass is 16.5. The van der Waals surface area contributed by atoms with Crippen molar-refractivity contribution >= 4 is 5.91 Å². The van der Waals surface area contributed by atoms with Crippen LogP contribution in [0.15, 0.2) is 48.5 Å². The molecule has 0 fully saturated rings. The van der Waals surface area contributed by atoms with Crippen molar-refractivity contribution < 1.29 is 14.3 Å². The van der Waals surface area contributed by atoms with E-state index in [1.807, 2.05) is 37.3 Å². The Morgan fingerprint density at radius 1 is 1.04 bits per heavy atom. The molecule has 0 aliphatic rings. The first-order chi connectivity index (χ1) is 11.5.